The van der Waals surface area contributed by atoms with Gasteiger partial charge in [-0.25, -0.2) is 4.39 Å². The van der Waals surface area contributed by atoms with Crippen molar-refractivity contribution in [3.63, 3.8) is 0 Å². The van der Waals surface area contributed by atoms with Crippen LogP contribution in [0.3, 0.4) is 0 Å². The Labute approximate surface area is 73.7 Å². The van der Waals surface area contributed by atoms with Crippen LogP contribution in [-0.4, -0.2) is 43.4 Å². The number of ether oxygens (including phenoxy) is 1. The number of halogens is 1. The van der Waals surface area contributed by atoms with Crippen LogP contribution in [0.5, 0.6) is 0 Å². The highest BCUT2D eigenvalue weighted by Crippen LogP contribution is 2.13. The molecule has 0 N–H and O–H groups in total. The molecule has 0 amide bonds. The first kappa shape index (κ1) is 9.93. The molecule has 2 atom stereocenters. The maximum Gasteiger partial charge on any atom is 0.102 e. The summed E-state index contributed by atoms with van der Waals surface area (Å²) < 4.78 is 17.6. The van der Waals surface area contributed by atoms with Crippen LogP contribution in [0.4, 0.5) is 4.39 Å². The molecule has 0 bridgehead atoms. The maximum atomic E-state index is 12.1. The number of morpholine rings is 1. The summed E-state index contributed by atoms with van der Waals surface area (Å²) in [7, 11) is 0. The molecule has 0 aliphatic carbocycles. The van der Waals surface area contributed by atoms with Gasteiger partial charge in [0.1, 0.15) is 6.67 Å². The Morgan fingerprint density at radius 3 is 2.92 bits per heavy atom. The number of hydrogen-bond donors (Lipinski definition) is 0. The highest BCUT2D eigenvalue weighted by atomic mass is 19.1. The monoisotopic (exact) mass is 175 g/mol. The lowest BCUT2D eigenvalue weighted by molar-refractivity contribution is -0.0570. The van der Waals surface area contributed by atoms with Crippen molar-refractivity contribution in [3.8, 4) is 0 Å². The minimum atomic E-state index is -0.247. The molecule has 1 aliphatic heterocycles. The molecule has 1 rings (SSSR count). The minimum Gasteiger partial charge on any atom is -0.376 e. The summed E-state index contributed by atoms with van der Waals surface area (Å²) in [5.41, 5.74) is 0. The number of rotatable bonds is 3. The molecular weight excluding hydrogens is 157 g/mol. The largest absolute Gasteiger partial charge is 0.376 e. The van der Waals surface area contributed by atoms with Gasteiger partial charge in [-0.15, -0.1) is 0 Å². The molecule has 72 valence electrons. The smallest absolute Gasteiger partial charge is 0.102 e. The van der Waals surface area contributed by atoms with Crippen LogP contribution >= 0.6 is 0 Å². The van der Waals surface area contributed by atoms with Crippen molar-refractivity contribution in [2.24, 2.45) is 0 Å². The average Bonchev–Trinajstić information content (AvgIpc) is 2.05. The van der Waals surface area contributed by atoms with E-state index in [4.69, 9.17) is 4.74 Å². The van der Waals surface area contributed by atoms with Crippen molar-refractivity contribution in [2.75, 3.05) is 26.4 Å². The second kappa shape index (κ2) is 4.77. The normalized spacial score (nSPS) is 32.2. The summed E-state index contributed by atoms with van der Waals surface area (Å²) in [5.74, 6) is 0. The van der Waals surface area contributed by atoms with Crippen molar-refractivity contribution in [1.82, 2.24) is 4.90 Å². The van der Waals surface area contributed by atoms with Gasteiger partial charge in [0.25, 0.3) is 0 Å². The van der Waals surface area contributed by atoms with Gasteiger partial charge in [-0.1, -0.05) is 6.92 Å². The van der Waals surface area contributed by atoms with Crippen molar-refractivity contribution in [3.05, 3.63) is 0 Å². The van der Waals surface area contributed by atoms with E-state index in [1.165, 1.54) is 0 Å². The fourth-order valence-corrected chi connectivity index (χ4v) is 1.67. The third kappa shape index (κ3) is 2.42. The first-order chi connectivity index (χ1) is 5.77. The summed E-state index contributed by atoms with van der Waals surface area (Å²) in [6, 6.07) is 0.428. The third-order valence-electron chi connectivity index (χ3n) is 2.42. The molecular formula is C9H18FNO. The molecule has 1 aliphatic rings. The predicted octanol–water partition coefficient (Wildman–Crippen LogP) is 1.46. The number of alkyl halides is 1. The maximum absolute atomic E-state index is 12.1. The standard InChI is InChI=1S/C9H18FNO/c1-3-9-7-12-8(2)6-11(9)5-4-10/h8-9H,3-7H2,1-2H3. The number of nitrogens with zero attached hydrogens (tertiary/aromatic N) is 1. The molecule has 2 nitrogen and oxygen atoms in total. The van der Waals surface area contributed by atoms with E-state index < -0.39 is 0 Å². The van der Waals surface area contributed by atoms with Crippen LogP contribution in [0.2, 0.25) is 0 Å². The zero-order valence-corrected chi connectivity index (χ0v) is 7.92. The second-order valence-corrected chi connectivity index (χ2v) is 3.39. The molecule has 0 radical (unpaired) electrons. The van der Waals surface area contributed by atoms with Gasteiger partial charge in [0.15, 0.2) is 0 Å². The zero-order chi connectivity index (χ0) is 8.97. The van der Waals surface area contributed by atoms with Crippen LogP contribution in [0.1, 0.15) is 20.3 Å². The molecule has 0 aromatic heterocycles. The SMILES string of the molecule is CCC1COC(C)CN1CCF. The summed E-state index contributed by atoms with van der Waals surface area (Å²) in [6.45, 7) is 6.11. The Kier molecular flexibility index (Phi) is 3.95. The van der Waals surface area contributed by atoms with Crippen molar-refractivity contribution >= 4 is 0 Å². The Morgan fingerprint density at radius 2 is 2.33 bits per heavy atom. The van der Waals surface area contributed by atoms with Gasteiger partial charge in [0.05, 0.1) is 12.7 Å². The lowest BCUT2D eigenvalue weighted by Gasteiger charge is -2.37. The van der Waals surface area contributed by atoms with Gasteiger partial charge in [0, 0.05) is 19.1 Å². The summed E-state index contributed by atoms with van der Waals surface area (Å²) >= 11 is 0. The highest BCUT2D eigenvalue weighted by molar-refractivity contribution is 4.77. The lowest BCUT2D eigenvalue weighted by atomic mass is 10.1. The fourth-order valence-electron chi connectivity index (χ4n) is 1.67. The van der Waals surface area contributed by atoms with E-state index in [0.717, 1.165) is 19.6 Å². The second-order valence-electron chi connectivity index (χ2n) is 3.39. The Morgan fingerprint density at radius 1 is 1.58 bits per heavy atom. The lowest BCUT2D eigenvalue weighted by Crippen LogP contribution is -2.49. The van der Waals surface area contributed by atoms with E-state index >= 15 is 0 Å². The van der Waals surface area contributed by atoms with E-state index in [1.54, 1.807) is 0 Å². The van der Waals surface area contributed by atoms with Crippen molar-refractivity contribution < 1.29 is 9.13 Å². The first-order valence-corrected chi connectivity index (χ1v) is 4.69. The fraction of sp³-hybridized carbons (Fsp3) is 1.00. The third-order valence-corrected chi connectivity index (χ3v) is 2.42. The summed E-state index contributed by atoms with van der Waals surface area (Å²) in [4.78, 5) is 2.19. The van der Waals surface area contributed by atoms with Crippen LogP contribution in [0, 0.1) is 0 Å². The first-order valence-electron chi connectivity index (χ1n) is 4.69. The molecule has 0 aromatic carbocycles. The van der Waals surface area contributed by atoms with Gasteiger partial charge >= 0.3 is 0 Å². The Hall–Kier alpha value is -0.150. The quantitative estimate of drug-likeness (QED) is 0.644. The van der Waals surface area contributed by atoms with Gasteiger partial charge in [0.2, 0.25) is 0 Å². The molecule has 3 heteroatoms. The van der Waals surface area contributed by atoms with Gasteiger partial charge < -0.3 is 4.74 Å². The Balaban J connectivity index is 2.40. The molecule has 1 fully saturated rings. The molecule has 0 saturated carbocycles. The molecule has 0 aromatic rings. The summed E-state index contributed by atoms with van der Waals surface area (Å²) in [5, 5.41) is 0. The molecule has 2 unspecified atom stereocenters. The predicted molar refractivity (Wildman–Crippen MR) is 47.0 cm³/mol. The van der Waals surface area contributed by atoms with Crippen LogP contribution < -0.4 is 0 Å². The average molecular weight is 175 g/mol. The number of hydrogen-bond acceptors (Lipinski definition) is 2. The van der Waals surface area contributed by atoms with Crippen LogP contribution in [-0.2, 0) is 4.74 Å². The van der Waals surface area contributed by atoms with Gasteiger partial charge in [-0.2, -0.15) is 0 Å². The van der Waals surface area contributed by atoms with Crippen LogP contribution in [0.15, 0.2) is 0 Å². The van der Waals surface area contributed by atoms with Crippen molar-refractivity contribution in [1.29, 1.82) is 0 Å². The van der Waals surface area contributed by atoms with Crippen molar-refractivity contribution in [2.45, 2.75) is 32.4 Å². The minimum absolute atomic E-state index is 0.247. The highest BCUT2D eigenvalue weighted by Gasteiger charge is 2.24. The van der Waals surface area contributed by atoms with Gasteiger partial charge in [-0.05, 0) is 13.3 Å². The zero-order valence-electron chi connectivity index (χ0n) is 7.92. The molecule has 12 heavy (non-hydrogen) atoms. The van der Waals surface area contributed by atoms with Crippen LogP contribution in [0.25, 0.3) is 0 Å². The summed E-state index contributed by atoms with van der Waals surface area (Å²) in [6.07, 6.45) is 1.31. The van der Waals surface area contributed by atoms with Gasteiger partial charge in [-0.3, -0.25) is 4.90 Å². The molecule has 0 spiro atoms. The van der Waals surface area contributed by atoms with E-state index in [2.05, 4.69) is 11.8 Å². The topological polar surface area (TPSA) is 12.5 Å². The molecule has 1 saturated heterocycles. The molecule has 1 heterocycles. The van der Waals surface area contributed by atoms with E-state index in [0.29, 0.717) is 12.6 Å². The van der Waals surface area contributed by atoms with E-state index in [-0.39, 0.29) is 12.8 Å². The Bertz CT molecular complexity index is 132. The van der Waals surface area contributed by atoms with E-state index in [1.807, 2.05) is 6.92 Å². The van der Waals surface area contributed by atoms with E-state index in [9.17, 15) is 4.39 Å².